The molecule has 202 valence electrons. The number of pyridine rings is 1. The van der Waals surface area contributed by atoms with E-state index >= 15 is 0 Å². The minimum absolute atomic E-state index is 0.0560. The monoisotopic (exact) mass is 537 g/mol. The lowest BCUT2D eigenvalue weighted by atomic mass is 9.92. The van der Waals surface area contributed by atoms with Crippen LogP contribution < -0.4 is 10.2 Å². The Hall–Kier alpha value is -3.02. The summed E-state index contributed by atoms with van der Waals surface area (Å²) in [5, 5.41) is 12.8. The topological polar surface area (TPSA) is 107 Å². The van der Waals surface area contributed by atoms with Gasteiger partial charge in [0.25, 0.3) is 0 Å². The fourth-order valence-electron chi connectivity index (χ4n) is 6.27. The van der Waals surface area contributed by atoms with E-state index in [1.807, 2.05) is 26.2 Å². The smallest absolute Gasteiger partial charge is 0.177 e. The van der Waals surface area contributed by atoms with E-state index in [2.05, 4.69) is 38.1 Å². The van der Waals surface area contributed by atoms with Crippen LogP contribution >= 0.6 is 0 Å². The first-order valence-electron chi connectivity index (χ1n) is 13.3. The van der Waals surface area contributed by atoms with E-state index in [4.69, 9.17) is 9.72 Å². The molecule has 2 aliphatic rings. The zero-order valence-corrected chi connectivity index (χ0v) is 23.3. The lowest BCUT2D eigenvalue weighted by Gasteiger charge is -2.31. The minimum atomic E-state index is -3.51. The zero-order chi connectivity index (χ0) is 26.6. The maximum atomic E-state index is 13.2. The number of sulfone groups is 1. The molecule has 0 spiro atoms. The van der Waals surface area contributed by atoms with Crippen molar-refractivity contribution in [3.8, 4) is 11.3 Å². The molecule has 1 N–H and O–H groups in total. The molecule has 3 aromatic heterocycles. The van der Waals surface area contributed by atoms with Gasteiger partial charge >= 0.3 is 0 Å². The highest BCUT2D eigenvalue weighted by Crippen LogP contribution is 2.43. The number of fused-ring (bicyclic) bond motifs is 3. The van der Waals surface area contributed by atoms with Crippen LogP contribution in [0.1, 0.15) is 31.5 Å². The molecule has 10 nitrogen and oxygen atoms in total. The van der Waals surface area contributed by atoms with Gasteiger partial charge in [0.1, 0.15) is 0 Å². The van der Waals surface area contributed by atoms with Gasteiger partial charge in [-0.3, -0.25) is 4.98 Å². The SMILES string of the molecule is Cc1nnn(C)c1-c1cnc2c3c(N4CCNCC4)ccc(S(C)(=O)=O)c3n([C@H](C)C3CCOCC3)c2c1. The number of anilines is 1. The maximum Gasteiger partial charge on any atom is 0.177 e. The van der Waals surface area contributed by atoms with Crippen molar-refractivity contribution in [2.45, 2.75) is 37.6 Å². The first kappa shape index (κ1) is 25.3. The van der Waals surface area contributed by atoms with Gasteiger partial charge in [-0.2, -0.15) is 0 Å². The molecule has 2 fully saturated rings. The fraction of sp³-hybridized carbons (Fsp3) is 0.519. The molecular formula is C27H35N7O3S. The Kier molecular flexibility index (Phi) is 6.40. The van der Waals surface area contributed by atoms with Crippen molar-refractivity contribution in [3.05, 3.63) is 30.1 Å². The minimum Gasteiger partial charge on any atom is -0.381 e. The molecule has 11 heteroatoms. The Morgan fingerprint density at radius 3 is 2.55 bits per heavy atom. The van der Waals surface area contributed by atoms with Crippen molar-refractivity contribution < 1.29 is 13.2 Å². The molecule has 0 radical (unpaired) electrons. The van der Waals surface area contributed by atoms with E-state index in [1.54, 1.807) is 10.7 Å². The van der Waals surface area contributed by atoms with Crippen LogP contribution in [0.3, 0.4) is 0 Å². The van der Waals surface area contributed by atoms with Gasteiger partial charge in [0.15, 0.2) is 9.84 Å². The number of piperazine rings is 1. The van der Waals surface area contributed by atoms with Gasteiger partial charge < -0.3 is 19.5 Å². The van der Waals surface area contributed by atoms with Crippen molar-refractivity contribution in [1.82, 2.24) is 29.9 Å². The fourth-order valence-corrected chi connectivity index (χ4v) is 7.14. The third-order valence-electron chi connectivity index (χ3n) is 8.20. The van der Waals surface area contributed by atoms with Gasteiger partial charge in [0, 0.05) is 76.2 Å². The molecule has 5 heterocycles. The van der Waals surface area contributed by atoms with Crippen LogP contribution in [0.2, 0.25) is 0 Å². The van der Waals surface area contributed by atoms with Crippen LogP contribution in [-0.2, 0) is 21.6 Å². The highest BCUT2D eigenvalue weighted by molar-refractivity contribution is 7.91. The summed E-state index contributed by atoms with van der Waals surface area (Å²) in [6, 6.07) is 5.95. The molecule has 1 atom stereocenters. The number of hydrogen-bond acceptors (Lipinski definition) is 8. The molecule has 0 bridgehead atoms. The predicted octanol–water partition coefficient (Wildman–Crippen LogP) is 3.09. The van der Waals surface area contributed by atoms with Crippen LogP contribution in [0.4, 0.5) is 5.69 Å². The number of aryl methyl sites for hydroxylation is 2. The second kappa shape index (κ2) is 9.62. The van der Waals surface area contributed by atoms with Crippen LogP contribution in [0, 0.1) is 12.8 Å². The second-order valence-corrected chi connectivity index (χ2v) is 12.6. The van der Waals surface area contributed by atoms with E-state index in [9.17, 15) is 8.42 Å². The van der Waals surface area contributed by atoms with E-state index in [-0.39, 0.29) is 6.04 Å². The summed E-state index contributed by atoms with van der Waals surface area (Å²) in [5.41, 5.74) is 6.19. The van der Waals surface area contributed by atoms with E-state index in [0.717, 1.165) is 96.8 Å². The molecular weight excluding hydrogens is 502 g/mol. The number of ether oxygens (including phenoxy) is 1. The molecule has 2 saturated heterocycles. The van der Waals surface area contributed by atoms with Gasteiger partial charge in [-0.05, 0) is 50.8 Å². The second-order valence-electron chi connectivity index (χ2n) is 10.6. The molecule has 0 amide bonds. The number of hydrogen-bond donors (Lipinski definition) is 1. The van der Waals surface area contributed by atoms with Crippen molar-refractivity contribution in [2.75, 3.05) is 50.5 Å². The molecule has 0 unspecified atom stereocenters. The molecule has 2 aliphatic heterocycles. The summed E-state index contributed by atoms with van der Waals surface area (Å²) in [6.07, 6.45) is 5.04. The normalized spacial score (nSPS) is 18.5. The number of benzene rings is 1. The van der Waals surface area contributed by atoms with E-state index in [1.165, 1.54) is 6.26 Å². The molecule has 38 heavy (non-hydrogen) atoms. The Balaban J connectivity index is 1.71. The number of nitrogens with zero attached hydrogens (tertiary/aromatic N) is 6. The average molecular weight is 538 g/mol. The highest BCUT2D eigenvalue weighted by atomic mass is 32.2. The van der Waals surface area contributed by atoms with Crippen LogP contribution in [-0.4, -0.2) is 78.6 Å². The van der Waals surface area contributed by atoms with Crippen molar-refractivity contribution in [2.24, 2.45) is 13.0 Å². The van der Waals surface area contributed by atoms with Gasteiger partial charge in [0.05, 0.1) is 38.2 Å². The predicted molar refractivity (Wildman–Crippen MR) is 148 cm³/mol. The lowest BCUT2D eigenvalue weighted by molar-refractivity contribution is 0.0524. The summed E-state index contributed by atoms with van der Waals surface area (Å²) < 4.78 is 36.1. The molecule has 4 aromatic rings. The van der Waals surface area contributed by atoms with Gasteiger partial charge in [-0.1, -0.05) is 5.21 Å². The molecule has 0 saturated carbocycles. The molecule has 1 aromatic carbocycles. The van der Waals surface area contributed by atoms with Crippen LogP contribution in [0.5, 0.6) is 0 Å². The Labute approximate surface area is 222 Å². The third kappa shape index (κ3) is 4.17. The number of nitrogens with one attached hydrogen (secondary N) is 1. The van der Waals surface area contributed by atoms with Crippen LogP contribution in [0.15, 0.2) is 29.3 Å². The Morgan fingerprint density at radius 2 is 1.89 bits per heavy atom. The molecule has 0 aliphatic carbocycles. The summed E-state index contributed by atoms with van der Waals surface area (Å²) in [5.74, 6) is 0.363. The van der Waals surface area contributed by atoms with Crippen molar-refractivity contribution in [3.63, 3.8) is 0 Å². The summed E-state index contributed by atoms with van der Waals surface area (Å²) in [6.45, 7) is 9.08. The number of aromatic nitrogens is 5. The van der Waals surface area contributed by atoms with E-state index in [0.29, 0.717) is 10.8 Å². The summed E-state index contributed by atoms with van der Waals surface area (Å²) in [7, 11) is -1.63. The third-order valence-corrected chi connectivity index (χ3v) is 9.33. The van der Waals surface area contributed by atoms with Gasteiger partial charge in [0.2, 0.25) is 0 Å². The first-order valence-corrected chi connectivity index (χ1v) is 15.2. The zero-order valence-electron chi connectivity index (χ0n) is 22.4. The molecule has 6 rings (SSSR count). The Morgan fingerprint density at radius 1 is 1.16 bits per heavy atom. The van der Waals surface area contributed by atoms with Gasteiger partial charge in [-0.15, -0.1) is 5.10 Å². The summed E-state index contributed by atoms with van der Waals surface area (Å²) >= 11 is 0. The lowest BCUT2D eigenvalue weighted by Crippen LogP contribution is -2.43. The first-order chi connectivity index (χ1) is 18.3. The largest absolute Gasteiger partial charge is 0.381 e. The number of rotatable bonds is 5. The van der Waals surface area contributed by atoms with Gasteiger partial charge in [-0.25, -0.2) is 13.1 Å². The summed E-state index contributed by atoms with van der Waals surface area (Å²) in [4.78, 5) is 7.72. The quantitative estimate of drug-likeness (QED) is 0.414. The Bertz CT molecular complexity index is 1590. The average Bonchev–Trinajstić information content (AvgIpc) is 3.44. The standard InChI is InChI=1S/C27H35N7O3S/c1-17-26(32(3)31-30-17)20-15-22-25(29-16-20)24-21(33-11-9-28-10-12-33)5-6-23(38(4,35)36)27(24)34(22)18(2)19-7-13-37-14-8-19/h5-6,15-16,18-19,28H,7-14H2,1-4H3/t18-/m1/s1. The van der Waals surface area contributed by atoms with Crippen molar-refractivity contribution in [1.29, 1.82) is 0 Å². The van der Waals surface area contributed by atoms with E-state index < -0.39 is 9.84 Å². The highest BCUT2D eigenvalue weighted by Gasteiger charge is 2.31. The van der Waals surface area contributed by atoms with Crippen LogP contribution in [0.25, 0.3) is 33.2 Å². The van der Waals surface area contributed by atoms with Crippen molar-refractivity contribution >= 4 is 37.5 Å². The maximum absolute atomic E-state index is 13.2.